The average molecular weight is 342 g/mol. The summed E-state index contributed by atoms with van der Waals surface area (Å²) in [5, 5.41) is 3.42. The zero-order valence-corrected chi connectivity index (χ0v) is 15.2. The van der Waals surface area contributed by atoms with Crippen molar-refractivity contribution in [3.63, 3.8) is 0 Å². The van der Waals surface area contributed by atoms with Gasteiger partial charge < -0.3 is 10.2 Å². The Morgan fingerprint density at radius 1 is 1.32 bits per heavy atom. The molecule has 0 atom stereocenters. The van der Waals surface area contributed by atoms with E-state index < -0.39 is 0 Å². The normalized spacial score (nSPS) is 13.2. The maximum Gasteiger partial charge on any atom is 0.264 e. The van der Waals surface area contributed by atoms with Crippen molar-refractivity contribution in [2.24, 2.45) is 0 Å². The lowest BCUT2D eigenvalue weighted by Crippen LogP contribution is -2.26. The zero-order valence-electron chi connectivity index (χ0n) is 13.6. The molecule has 2 aromatic heterocycles. The molecule has 1 aliphatic rings. The number of likely N-dealkylation sites (tertiary alicyclic amines) is 1. The number of carbonyl (C=O) groups excluding carboxylic acids is 1. The molecule has 0 unspecified atom stereocenters. The summed E-state index contributed by atoms with van der Waals surface area (Å²) in [7, 11) is 3.75. The zero-order chi connectivity index (χ0) is 16.5. The Balaban J connectivity index is 0.000000435. The van der Waals surface area contributed by atoms with Crippen LogP contribution in [0.25, 0.3) is 10.2 Å². The lowest BCUT2D eigenvalue weighted by molar-refractivity contribution is 0.0797. The molecule has 0 radical (unpaired) electrons. The third kappa shape index (κ3) is 4.66. The maximum absolute atomic E-state index is 12.2. The number of hydrogen-bond donors (Lipinski definition) is 1. The van der Waals surface area contributed by atoms with Gasteiger partial charge in [-0.05, 0) is 39.1 Å². The van der Waals surface area contributed by atoms with Crippen molar-refractivity contribution >= 4 is 39.1 Å². The first-order chi connectivity index (χ1) is 10.7. The Labute approximate surface area is 141 Å². The van der Waals surface area contributed by atoms with Crippen LogP contribution in [0.5, 0.6) is 0 Å². The molecule has 0 aromatic carbocycles. The molecule has 0 spiro atoms. The summed E-state index contributed by atoms with van der Waals surface area (Å²) in [4.78, 5) is 19.1. The molecule has 4 nitrogen and oxygen atoms in total. The monoisotopic (exact) mass is 341 g/mol. The Morgan fingerprint density at radius 2 is 1.91 bits per heavy atom. The molecule has 1 N–H and O–H groups in total. The molecule has 6 heteroatoms. The lowest BCUT2D eigenvalue weighted by atomic mass is 10.3. The van der Waals surface area contributed by atoms with E-state index in [-0.39, 0.29) is 5.91 Å². The third-order valence-corrected chi connectivity index (χ3v) is 4.54. The van der Waals surface area contributed by atoms with Crippen LogP contribution in [-0.2, 0) is 0 Å². The van der Waals surface area contributed by atoms with Gasteiger partial charge in [0, 0.05) is 19.3 Å². The quantitative estimate of drug-likeness (QED) is 0.851. The number of aromatic nitrogens is 1. The van der Waals surface area contributed by atoms with Gasteiger partial charge in [0.15, 0.2) is 0 Å². The van der Waals surface area contributed by atoms with E-state index in [2.05, 4.69) is 10.3 Å². The minimum Gasteiger partial charge on any atom is -0.338 e. The number of amides is 1. The lowest BCUT2D eigenvalue weighted by Gasteiger charge is -2.13. The topological polar surface area (TPSA) is 45.2 Å². The molecule has 122 valence electrons. The van der Waals surface area contributed by atoms with Gasteiger partial charge in [-0.3, -0.25) is 9.78 Å². The summed E-state index contributed by atoms with van der Waals surface area (Å²) in [6.07, 6.45) is 3.88. The number of rotatable bonds is 1. The van der Waals surface area contributed by atoms with Gasteiger partial charge >= 0.3 is 0 Å². The van der Waals surface area contributed by atoms with Gasteiger partial charge in [-0.1, -0.05) is 25.4 Å². The molecule has 0 saturated carbocycles. The summed E-state index contributed by atoms with van der Waals surface area (Å²) in [6.45, 7) is 5.74. The molecule has 22 heavy (non-hydrogen) atoms. The first-order valence-corrected chi connectivity index (χ1v) is 8.78. The summed E-state index contributed by atoms with van der Waals surface area (Å²) in [6, 6.07) is 3.59. The van der Waals surface area contributed by atoms with Crippen LogP contribution in [-0.4, -0.2) is 43.0 Å². The number of carbonyl (C=O) groups is 1. The number of nitrogens with zero attached hydrogens (tertiary/aromatic N) is 2. The van der Waals surface area contributed by atoms with Crippen molar-refractivity contribution < 1.29 is 4.79 Å². The van der Waals surface area contributed by atoms with Crippen LogP contribution in [0, 0.1) is 0 Å². The number of nitrogens with one attached hydrogen (secondary N) is 1. The second-order valence-corrected chi connectivity index (χ2v) is 6.08. The molecule has 1 saturated heterocycles. The van der Waals surface area contributed by atoms with Crippen LogP contribution in [0.1, 0.15) is 36.4 Å². The second kappa shape index (κ2) is 9.77. The number of halogens is 1. The number of thiophene rings is 1. The molecule has 1 aliphatic heterocycles. The second-order valence-electron chi connectivity index (χ2n) is 4.62. The van der Waals surface area contributed by atoms with Crippen LogP contribution < -0.4 is 5.32 Å². The van der Waals surface area contributed by atoms with Gasteiger partial charge in [0.2, 0.25) is 0 Å². The summed E-state index contributed by atoms with van der Waals surface area (Å²) in [5.74, 6) is 0.113. The smallest absolute Gasteiger partial charge is 0.264 e. The Bertz CT molecular complexity index is 594. The molecule has 3 heterocycles. The molecule has 1 fully saturated rings. The fraction of sp³-hybridized carbons (Fsp3) is 0.500. The van der Waals surface area contributed by atoms with E-state index in [1.807, 2.05) is 38.9 Å². The molecule has 1 amide bonds. The first-order valence-electron chi connectivity index (χ1n) is 7.59. The van der Waals surface area contributed by atoms with Gasteiger partial charge in [-0.15, -0.1) is 11.3 Å². The van der Waals surface area contributed by atoms with Crippen LogP contribution in [0.3, 0.4) is 0 Å². The van der Waals surface area contributed by atoms with E-state index in [1.165, 1.54) is 11.3 Å². The number of hydrogen-bond acceptors (Lipinski definition) is 4. The van der Waals surface area contributed by atoms with Crippen molar-refractivity contribution in [2.45, 2.75) is 26.7 Å². The van der Waals surface area contributed by atoms with E-state index in [1.54, 1.807) is 12.3 Å². The largest absolute Gasteiger partial charge is 0.338 e. The van der Waals surface area contributed by atoms with Gasteiger partial charge in [-0.25, -0.2) is 0 Å². The summed E-state index contributed by atoms with van der Waals surface area (Å²) in [5.41, 5.74) is 0.810. The Kier molecular flexibility index (Phi) is 8.38. The highest BCUT2D eigenvalue weighted by Gasteiger charge is 2.21. The molecular weight excluding hydrogens is 318 g/mol. The van der Waals surface area contributed by atoms with E-state index in [0.717, 1.165) is 41.0 Å². The van der Waals surface area contributed by atoms with Crippen molar-refractivity contribution in [3.05, 3.63) is 28.2 Å². The number of fused-ring (bicyclic) bond motifs is 1. The van der Waals surface area contributed by atoms with E-state index in [9.17, 15) is 4.79 Å². The van der Waals surface area contributed by atoms with E-state index >= 15 is 0 Å². The predicted molar refractivity (Wildman–Crippen MR) is 96.1 cm³/mol. The van der Waals surface area contributed by atoms with Gasteiger partial charge in [0.25, 0.3) is 5.91 Å². The standard InChI is InChI=1S/C12H11ClN2OS.C2H7N.C2H6/c13-8-3-4-14-9-7-10(17-11(8)9)12(16)15-5-1-2-6-15;1-3-2;1-2/h3-4,7H,1-2,5-6H2;3H,1-2H3;1-2H3. The highest BCUT2D eigenvalue weighted by Crippen LogP contribution is 2.31. The minimum atomic E-state index is 0.113. The van der Waals surface area contributed by atoms with Crippen LogP contribution in [0.15, 0.2) is 18.3 Å². The Hall–Kier alpha value is -1.17. The minimum absolute atomic E-state index is 0.113. The fourth-order valence-electron chi connectivity index (χ4n) is 2.09. The van der Waals surface area contributed by atoms with Crippen molar-refractivity contribution in [1.29, 1.82) is 0 Å². The maximum atomic E-state index is 12.2. The molecule has 3 rings (SSSR count). The molecule has 0 aliphatic carbocycles. The molecule has 2 aromatic rings. The van der Waals surface area contributed by atoms with Gasteiger partial charge in [0.05, 0.1) is 20.1 Å². The SMILES string of the molecule is CC.CNC.O=C(c1cc2nccc(Cl)c2s1)N1CCCC1. The molecular formula is C16H24ClN3OS. The predicted octanol–water partition coefficient (Wildman–Crippen LogP) is 4.05. The van der Waals surface area contributed by atoms with Crippen molar-refractivity contribution in [2.75, 3.05) is 27.2 Å². The average Bonchev–Trinajstić information content (AvgIpc) is 3.20. The number of pyridine rings is 1. The molecule has 0 bridgehead atoms. The van der Waals surface area contributed by atoms with Gasteiger partial charge in [-0.2, -0.15) is 0 Å². The Morgan fingerprint density at radius 3 is 2.45 bits per heavy atom. The summed E-state index contributed by atoms with van der Waals surface area (Å²) < 4.78 is 0.900. The fourth-order valence-corrected chi connectivity index (χ4v) is 3.35. The van der Waals surface area contributed by atoms with E-state index in [4.69, 9.17) is 11.6 Å². The van der Waals surface area contributed by atoms with E-state index in [0.29, 0.717) is 5.02 Å². The van der Waals surface area contributed by atoms with Crippen LogP contribution in [0.4, 0.5) is 0 Å². The van der Waals surface area contributed by atoms with Crippen molar-refractivity contribution in [3.8, 4) is 0 Å². The summed E-state index contributed by atoms with van der Waals surface area (Å²) >= 11 is 7.51. The van der Waals surface area contributed by atoms with Crippen LogP contribution in [0.2, 0.25) is 5.02 Å². The highest BCUT2D eigenvalue weighted by molar-refractivity contribution is 7.21. The van der Waals surface area contributed by atoms with Crippen LogP contribution >= 0.6 is 22.9 Å². The third-order valence-electron chi connectivity index (χ3n) is 2.97. The van der Waals surface area contributed by atoms with Crippen molar-refractivity contribution in [1.82, 2.24) is 15.2 Å². The highest BCUT2D eigenvalue weighted by atomic mass is 35.5. The first kappa shape index (κ1) is 18.9. The van der Waals surface area contributed by atoms with Gasteiger partial charge in [0.1, 0.15) is 0 Å².